The van der Waals surface area contributed by atoms with E-state index >= 15 is 0 Å². The van der Waals surface area contributed by atoms with Gasteiger partial charge in [-0.15, -0.1) is 5.10 Å². The number of ketones is 1. The van der Waals surface area contributed by atoms with Gasteiger partial charge >= 0.3 is 0 Å². The third-order valence-electron chi connectivity index (χ3n) is 6.47. The quantitative estimate of drug-likeness (QED) is 0.359. The van der Waals surface area contributed by atoms with Crippen molar-refractivity contribution in [3.05, 3.63) is 65.9 Å². The Balaban J connectivity index is 1.68. The Bertz CT molecular complexity index is 1280. The molecule has 39 heavy (non-hydrogen) atoms. The monoisotopic (exact) mass is 550 g/mol. The van der Waals surface area contributed by atoms with Gasteiger partial charge in [-0.25, -0.2) is 17.9 Å². The molecule has 3 heterocycles. The fourth-order valence-electron chi connectivity index (χ4n) is 4.37. The molecule has 210 valence electrons. The molecule has 1 aliphatic rings. The first-order valence-corrected chi connectivity index (χ1v) is 12.2. The van der Waals surface area contributed by atoms with Gasteiger partial charge in [0.1, 0.15) is 42.3 Å². The SMILES string of the molecule is CC(C)(C)C(=O)[C@@H](OCc1cccnc1)[C@@H]1OC(CO)[C@H](O)[C@H](n2cc(-c3cc(F)c(F)c(F)c3)nn2)C1O. The van der Waals surface area contributed by atoms with E-state index in [2.05, 4.69) is 15.3 Å². The lowest BCUT2D eigenvalue weighted by Gasteiger charge is -2.45. The average Bonchev–Trinajstić information content (AvgIpc) is 3.38. The molecule has 0 amide bonds. The number of aromatic nitrogens is 4. The number of rotatable bonds is 8. The van der Waals surface area contributed by atoms with E-state index in [0.29, 0.717) is 5.56 Å². The van der Waals surface area contributed by atoms with Gasteiger partial charge < -0.3 is 24.8 Å². The Kier molecular flexibility index (Phi) is 8.47. The lowest BCUT2D eigenvalue weighted by atomic mass is 9.81. The number of hydrogen-bond acceptors (Lipinski definition) is 9. The molecule has 13 heteroatoms. The van der Waals surface area contributed by atoms with Crippen molar-refractivity contribution in [2.45, 2.75) is 63.9 Å². The van der Waals surface area contributed by atoms with E-state index < -0.39 is 71.8 Å². The Morgan fingerprint density at radius 2 is 1.87 bits per heavy atom. The van der Waals surface area contributed by atoms with E-state index in [9.17, 15) is 33.3 Å². The third kappa shape index (κ3) is 6.02. The van der Waals surface area contributed by atoms with Crippen LogP contribution in [0.1, 0.15) is 32.4 Å². The highest BCUT2D eigenvalue weighted by Crippen LogP contribution is 2.35. The van der Waals surface area contributed by atoms with Crippen molar-refractivity contribution in [3.8, 4) is 11.3 Å². The summed E-state index contributed by atoms with van der Waals surface area (Å²) in [6, 6.07) is 3.58. The normalized spacial score (nSPS) is 24.5. The molecule has 1 aromatic carbocycles. The van der Waals surface area contributed by atoms with Crippen LogP contribution in [0.4, 0.5) is 13.2 Å². The number of aliphatic hydroxyl groups is 3. The highest BCUT2D eigenvalue weighted by atomic mass is 19.2. The van der Waals surface area contributed by atoms with Gasteiger partial charge in [-0.3, -0.25) is 9.78 Å². The van der Waals surface area contributed by atoms with Crippen molar-refractivity contribution < 1.29 is 42.8 Å². The molecule has 0 aliphatic carbocycles. The highest BCUT2D eigenvalue weighted by Gasteiger charge is 2.51. The van der Waals surface area contributed by atoms with Gasteiger partial charge in [0.05, 0.1) is 19.4 Å². The molecule has 0 saturated carbocycles. The molecule has 6 atom stereocenters. The Morgan fingerprint density at radius 3 is 2.46 bits per heavy atom. The molecule has 10 nitrogen and oxygen atoms in total. The number of carbonyl (C=O) groups is 1. The van der Waals surface area contributed by atoms with Crippen LogP contribution >= 0.6 is 0 Å². The Morgan fingerprint density at radius 1 is 1.18 bits per heavy atom. The molecular formula is C26H29F3N4O6. The topological polar surface area (TPSA) is 140 Å². The number of nitrogens with zero attached hydrogens (tertiary/aromatic N) is 4. The second-order valence-electron chi connectivity index (χ2n) is 10.3. The zero-order valence-corrected chi connectivity index (χ0v) is 21.4. The Labute approximate surface area is 222 Å². The van der Waals surface area contributed by atoms with Crippen LogP contribution < -0.4 is 0 Å². The van der Waals surface area contributed by atoms with Crippen LogP contribution in [-0.2, 0) is 20.9 Å². The fraction of sp³-hybridized carbons (Fsp3) is 0.462. The Hall–Kier alpha value is -3.23. The molecule has 1 saturated heterocycles. The van der Waals surface area contributed by atoms with Crippen LogP contribution in [-0.4, -0.2) is 78.2 Å². The molecule has 3 N–H and O–H groups in total. The van der Waals surface area contributed by atoms with E-state index in [1.807, 2.05) is 0 Å². The minimum Gasteiger partial charge on any atom is -0.394 e. The van der Waals surface area contributed by atoms with Gasteiger partial charge in [-0.1, -0.05) is 32.1 Å². The maximum Gasteiger partial charge on any atom is 0.194 e. The van der Waals surface area contributed by atoms with E-state index in [-0.39, 0.29) is 17.9 Å². The number of aliphatic hydroxyl groups excluding tert-OH is 3. The van der Waals surface area contributed by atoms with Gasteiger partial charge in [0.2, 0.25) is 0 Å². The second kappa shape index (κ2) is 11.5. The molecule has 2 aromatic heterocycles. The molecule has 0 radical (unpaired) electrons. The standard InChI is InChI=1S/C26H29F3N4O6/c1-26(2,3)25(37)24(38-12-13-5-4-6-30-9-13)23-22(36)20(21(35)18(11-34)39-23)33-10-17(31-32-33)14-7-15(27)19(29)16(28)8-14/h4-10,18,20-24,34-36H,11-12H2,1-3H3/t18?,20-,21-,22?,23+,24-/m0/s1. The zero-order chi connectivity index (χ0) is 28.5. The van der Waals surface area contributed by atoms with Gasteiger partial charge in [0, 0.05) is 23.4 Å². The number of halogens is 3. The smallest absolute Gasteiger partial charge is 0.194 e. The van der Waals surface area contributed by atoms with Gasteiger partial charge in [0.25, 0.3) is 0 Å². The number of hydrogen-bond donors (Lipinski definition) is 3. The largest absolute Gasteiger partial charge is 0.394 e. The van der Waals surface area contributed by atoms with E-state index in [4.69, 9.17) is 9.47 Å². The van der Waals surface area contributed by atoms with Gasteiger partial charge in [0.15, 0.2) is 23.2 Å². The van der Waals surface area contributed by atoms with E-state index in [1.54, 1.807) is 45.3 Å². The molecule has 3 aromatic rings. The molecule has 1 aliphatic heterocycles. The molecule has 2 unspecified atom stereocenters. The molecule has 0 bridgehead atoms. The summed E-state index contributed by atoms with van der Waals surface area (Å²) in [5.74, 6) is -4.91. The summed E-state index contributed by atoms with van der Waals surface area (Å²) in [5.41, 5.74) is -0.472. The first-order chi connectivity index (χ1) is 18.4. The van der Waals surface area contributed by atoms with Gasteiger partial charge in [-0.2, -0.15) is 0 Å². The van der Waals surface area contributed by atoms with Crippen molar-refractivity contribution in [1.82, 2.24) is 20.0 Å². The first kappa shape index (κ1) is 28.8. The van der Waals surface area contributed by atoms with Crippen molar-refractivity contribution in [2.75, 3.05) is 6.61 Å². The minimum absolute atomic E-state index is 0.0426. The predicted octanol–water partition coefficient (Wildman–Crippen LogP) is 1.98. The molecule has 0 spiro atoms. The lowest BCUT2D eigenvalue weighted by molar-refractivity contribution is -0.236. The first-order valence-electron chi connectivity index (χ1n) is 12.2. The second-order valence-corrected chi connectivity index (χ2v) is 10.3. The summed E-state index contributed by atoms with van der Waals surface area (Å²) in [4.78, 5) is 17.5. The number of carbonyl (C=O) groups excluding carboxylic acids is 1. The molecule has 4 rings (SSSR count). The summed E-state index contributed by atoms with van der Waals surface area (Å²) in [7, 11) is 0. The summed E-state index contributed by atoms with van der Waals surface area (Å²) < 4.78 is 53.7. The maximum atomic E-state index is 13.8. The van der Waals surface area contributed by atoms with Crippen molar-refractivity contribution in [2.24, 2.45) is 5.41 Å². The predicted molar refractivity (Wildman–Crippen MR) is 129 cm³/mol. The maximum absolute atomic E-state index is 13.8. The fourth-order valence-corrected chi connectivity index (χ4v) is 4.37. The van der Waals surface area contributed by atoms with Crippen molar-refractivity contribution in [1.29, 1.82) is 0 Å². The summed E-state index contributed by atoms with van der Waals surface area (Å²) in [6.45, 7) is 4.30. The lowest BCUT2D eigenvalue weighted by Crippen LogP contribution is -2.61. The minimum atomic E-state index is -1.64. The number of Topliss-reactive ketones (excluding diaryl/α,β-unsaturated/α-hetero) is 1. The van der Waals surface area contributed by atoms with Crippen molar-refractivity contribution >= 4 is 5.78 Å². The van der Waals surface area contributed by atoms with Gasteiger partial charge in [-0.05, 0) is 23.8 Å². The van der Waals surface area contributed by atoms with Crippen LogP contribution in [0.15, 0.2) is 42.9 Å². The third-order valence-corrected chi connectivity index (χ3v) is 6.47. The molecule has 1 fully saturated rings. The van der Waals surface area contributed by atoms with Crippen LogP contribution in [0.5, 0.6) is 0 Å². The van der Waals surface area contributed by atoms with Crippen LogP contribution in [0, 0.1) is 22.9 Å². The molecular weight excluding hydrogens is 521 g/mol. The van der Waals surface area contributed by atoms with Crippen molar-refractivity contribution in [3.63, 3.8) is 0 Å². The van der Waals surface area contributed by atoms with E-state index in [1.165, 1.54) is 6.20 Å². The summed E-state index contributed by atoms with van der Waals surface area (Å²) >= 11 is 0. The zero-order valence-electron chi connectivity index (χ0n) is 21.4. The number of pyridine rings is 1. The highest BCUT2D eigenvalue weighted by molar-refractivity contribution is 5.88. The van der Waals surface area contributed by atoms with Crippen LogP contribution in [0.25, 0.3) is 11.3 Å². The number of benzene rings is 1. The summed E-state index contributed by atoms with van der Waals surface area (Å²) in [5, 5.41) is 40.0. The van der Waals surface area contributed by atoms with Crippen LogP contribution in [0.3, 0.4) is 0 Å². The summed E-state index contributed by atoms with van der Waals surface area (Å²) in [6.07, 6.45) is -2.75. The average molecular weight is 551 g/mol. The van der Waals surface area contributed by atoms with Crippen LogP contribution in [0.2, 0.25) is 0 Å². The van der Waals surface area contributed by atoms with E-state index in [0.717, 1.165) is 16.8 Å². The number of ether oxygens (including phenoxy) is 2.